The third-order valence-corrected chi connectivity index (χ3v) is 5.83. The first kappa shape index (κ1) is 20.7. The predicted molar refractivity (Wildman–Crippen MR) is 140 cm³/mol. The largest absolute Gasteiger partial charge is 0.309 e. The summed E-state index contributed by atoms with van der Waals surface area (Å²) in [5, 5.41) is 0. The Morgan fingerprint density at radius 3 is 1.76 bits per heavy atom. The number of rotatable bonds is 5. The lowest BCUT2D eigenvalue weighted by Gasteiger charge is -2.15. The molecule has 0 radical (unpaired) electrons. The second-order valence-corrected chi connectivity index (χ2v) is 8.33. The van der Waals surface area contributed by atoms with Crippen molar-refractivity contribution in [2.24, 2.45) is 4.99 Å². The molecule has 0 unspecified atom stereocenters. The molecule has 1 aromatic heterocycles. The monoisotopic (exact) mass is 426 g/mol. The van der Waals surface area contributed by atoms with Gasteiger partial charge in [-0.2, -0.15) is 0 Å². The summed E-state index contributed by atoms with van der Waals surface area (Å²) in [4.78, 5) is 4.82. The predicted octanol–water partition coefficient (Wildman–Crippen LogP) is 8.18. The molecule has 1 heterocycles. The molecule has 0 amide bonds. The zero-order chi connectivity index (χ0) is 22.6. The molecule has 0 atom stereocenters. The van der Waals surface area contributed by atoms with Gasteiger partial charge in [0.15, 0.2) is 0 Å². The van der Waals surface area contributed by atoms with Gasteiger partial charge in [-0.25, -0.2) is 0 Å². The molecule has 4 aromatic carbocycles. The van der Waals surface area contributed by atoms with Crippen LogP contribution in [0.25, 0.3) is 28.2 Å². The molecule has 5 rings (SSSR count). The minimum absolute atomic E-state index is 0.948. The van der Waals surface area contributed by atoms with Crippen molar-refractivity contribution < 1.29 is 0 Å². The smallest absolute Gasteiger partial charge is 0.0630 e. The van der Waals surface area contributed by atoms with E-state index in [4.69, 9.17) is 4.99 Å². The Morgan fingerprint density at radius 1 is 0.606 bits per heavy atom. The van der Waals surface area contributed by atoms with Crippen molar-refractivity contribution in [1.29, 1.82) is 0 Å². The van der Waals surface area contributed by atoms with Crippen LogP contribution in [-0.2, 0) is 0 Å². The lowest BCUT2D eigenvalue weighted by molar-refractivity contribution is 1.09. The third kappa shape index (κ3) is 4.42. The van der Waals surface area contributed by atoms with E-state index in [1.807, 2.05) is 6.21 Å². The summed E-state index contributed by atoms with van der Waals surface area (Å²) < 4.78 is 2.35. The lowest BCUT2D eigenvalue weighted by atomic mass is 10.1. The van der Waals surface area contributed by atoms with E-state index in [-0.39, 0.29) is 0 Å². The fraction of sp³-hybridized carbons (Fsp3) is 0.0645. The Balaban J connectivity index is 1.76. The van der Waals surface area contributed by atoms with Crippen molar-refractivity contribution in [1.82, 2.24) is 4.57 Å². The molecular weight excluding hydrogens is 400 g/mol. The zero-order valence-corrected chi connectivity index (χ0v) is 18.9. The Kier molecular flexibility index (Phi) is 5.73. The molecule has 160 valence electrons. The van der Waals surface area contributed by atoms with Gasteiger partial charge in [-0.3, -0.25) is 4.99 Å². The lowest BCUT2D eigenvalue weighted by Crippen LogP contribution is -2.00. The highest BCUT2D eigenvalue weighted by atomic mass is 15.0. The standard InChI is InChI=1S/C31H26N2/c1-23-13-17-28(18-14-23)32-22-27-21-30(25-9-5-3-6-10-25)33(29-19-15-24(2)16-20-29)31(27)26-11-7-4-8-12-26/h3-22H,1-2H3. The van der Waals surface area contributed by atoms with Gasteiger partial charge in [-0.05, 0) is 55.3 Å². The van der Waals surface area contributed by atoms with Crippen molar-refractivity contribution in [2.75, 3.05) is 0 Å². The van der Waals surface area contributed by atoms with Crippen molar-refractivity contribution in [3.8, 4) is 28.2 Å². The molecule has 0 aliphatic heterocycles. The second kappa shape index (κ2) is 9.13. The highest BCUT2D eigenvalue weighted by Gasteiger charge is 2.18. The van der Waals surface area contributed by atoms with Gasteiger partial charge in [-0.15, -0.1) is 0 Å². The average Bonchev–Trinajstić information content (AvgIpc) is 3.25. The summed E-state index contributed by atoms with van der Waals surface area (Å²) in [6.45, 7) is 4.21. The maximum atomic E-state index is 4.82. The number of aryl methyl sites for hydroxylation is 2. The van der Waals surface area contributed by atoms with E-state index in [0.29, 0.717) is 0 Å². The van der Waals surface area contributed by atoms with Crippen LogP contribution in [0.3, 0.4) is 0 Å². The first-order valence-electron chi connectivity index (χ1n) is 11.2. The molecule has 33 heavy (non-hydrogen) atoms. The molecule has 0 fully saturated rings. The molecule has 0 spiro atoms. The number of aliphatic imine (C=N–C) groups is 1. The minimum atomic E-state index is 0.948. The molecule has 0 N–H and O–H groups in total. The number of hydrogen-bond donors (Lipinski definition) is 0. The molecule has 0 bridgehead atoms. The van der Waals surface area contributed by atoms with Crippen molar-refractivity contribution in [3.05, 3.63) is 132 Å². The molecule has 0 saturated carbocycles. The summed E-state index contributed by atoms with van der Waals surface area (Å²) in [5.41, 5.74) is 10.2. The van der Waals surface area contributed by atoms with Crippen molar-refractivity contribution >= 4 is 11.9 Å². The Hall–Kier alpha value is -4.17. The van der Waals surface area contributed by atoms with E-state index in [1.165, 1.54) is 16.7 Å². The van der Waals surface area contributed by atoms with Gasteiger partial charge in [0.2, 0.25) is 0 Å². The number of nitrogens with zero attached hydrogens (tertiary/aromatic N) is 2. The molecular formula is C31H26N2. The van der Waals surface area contributed by atoms with Crippen molar-refractivity contribution in [3.63, 3.8) is 0 Å². The summed E-state index contributed by atoms with van der Waals surface area (Å²) >= 11 is 0. The molecule has 2 heteroatoms. The van der Waals surface area contributed by atoms with Crippen LogP contribution in [0.15, 0.2) is 120 Å². The molecule has 0 aliphatic rings. The van der Waals surface area contributed by atoms with Crippen LogP contribution in [0.2, 0.25) is 0 Å². The molecule has 2 nitrogen and oxygen atoms in total. The summed E-state index contributed by atoms with van der Waals surface area (Å²) in [5.74, 6) is 0. The minimum Gasteiger partial charge on any atom is -0.309 e. The van der Waals surface area contributed by atoms with E-state index in [1.54, 1.807) is 0 Å². The van der Waals surface area contributed by atoms with Gasteiger partial charge >= 0.3 is 0 Å². The molecule has 5 aromatic rings. The zero-order valence-electron chi connectivity index (χ0n) is 18.9. The topological polar surface area (TPSA) is 17.3 Å². The van der Waals surface area contributed by atoms with E-state index in [9.17, 15) is 0 Å². The maximum Gasteiger partial charge on any atom is 0.0630 e. The first-order valence-corrected chi connectivity index (χ1v) is 11.2. The second-order valence-electron chi connectivity index (χ2n) is 8.33. The number of hydrogen-bond acceptors (Lipinski definition) is 1. The fourth-order valence-corrected chi connectivity index (χ4v) is 4.08. The van der Waals surface area contributed by atoms with Crippen LogP contribution in [0.5, 0.6) is 0 Å². The van der Waals surface area contributed by atoms with Gasteiger partial charge in [0.25, 0.3) is 0 Å². The quantitative estimate of drug-likeness (QED) is 0.252. The number of aromatic nitrogens is 1. The van der Waals surface area contributed by atoms with Crippen LogP contribution in [0.4, 0.5) is 5.69 Å². The summed E-state index contributed by atoms with van der Waals surface area (Å²) in [6, 6.07) is 40.4. The van der Waals surface area contributed by atoms with E-state index in [0.717, 1.165) is 33.9 Å². The first-order chi connectivity index (χ1) is 16.2. The van der Waals surface area contributed by atoms with Crippen LogP contribution in [0, 0.1) is 13.8 Å². The third-order valence-electron chi connectivity index (χ3n) is 5.83. The fourth-order valence-electron chi connectivity index (χ4n) is 4.08. The Labute approximate surface area is 195 Å². The van der Waals surface area contributed by atoms with Gasteiger partial charge < -0.3 is 4.57 Å². The summed E-state index contributed by atoms with van der Waals surface area (Å²) in [7, 11) is 0. The van der Waals surface area contributed by atoms with Gasteiger partial charge in [0.05, 0.1) is 17.1 Å². The van der Waals surface area contributed by atoms with Crippen LogP contribution >= 0.6 is 0 Å². The van der Waals surface area contributed by atoms with E-state index < -0.39 is 0 Å². The highest BCUT2D eigenvalue weighted by Crippen LogP contribution is 2.35. The van der Waals surface area contributed by atoms with E-state index in [2.05, 4.69) is 134 Å². The molecule has 0 saturated heterocycles. The van der Waals surface area contributed by atoms with Gasteiger partial charge in [0.1, 0.15) is 0 Å². The number of benzene rings is 4. The molecule has 0 aliphatic carbocycles. The van der Waals surface area contributed by atoms with Gasteiger partial charge in [0, 0.05) is 17.5 Å². The summed E-state index contributed by atoms with van der Waals surface area (Å²) in [6.07, 6.45) is 1.99. The van der Waals surface area contributed by atoms with Crippen LogP contribution < -0.4 is 0 Å². The maximum absolute atomic E-state index is 4.82. The Morgan fingerprint density at radius 2 is 1.15 bits per heavy atom. The van der Waals surface area contributed by atoms with Crippen LogP contribution in [0.1, 0.15) is 16.7 Å². The normalized spacial score (nSPS) is 11.2. The Bertz CT molecular complexity index is 1380. The van der Waals surface area contributed by atoms with Crippen LogP contribution in [-0.4, -0.2) is 10.8 Å². The average molecular weight is 427 g/mol. The highest BCUT2D eigenvalue weighted by molar-refractivity contribution is 5.94. The van der Waals surface area contributed by atoms with E-state index >= 15 is 0 Å². The van der Waals surface area contributed by atoms with Gasteiger partial charge in [-0.1, -0.05) is 96.1 Å². The van der Waals surface area contributed by atoms with Crippen molar-refractivity contribution in [2.45, 2.75) is 13.8 Å². The SMILES string of the molecule is Cc1ccc(N=Cc2cc(-c3ccccc3)n(-c3ccc(C)cc3)c2-c2ccccc2)cc1.